The monoisotopic (exact) mass is 504 g/mol. The van der Waals surface area contributed by atoms with Crippen molar-refractivity contribution in [3.05, 3.63) is 76.9 Å². The zero-order chi connectivity index (χ0) is 25.9. The Bertz CT molecular complexity index is 1400. The van der Waals surface area contributed by atoms with E-state index >= 15 is 0 Å². The van der Waals surface area contributed by atoms with E-state index < -0.39 is 9.84 Å². The fourth-order valence-corrected chi connectivity index (χ4v) is 5.22. The lowest BCUT2D eigenvalue weighted by Gasteiger charge is -2.38. The number of carbonyl (C=O) groups is 1. The second-order valence-corrected chi connectivity index (χ2v) is 11.3. The lowest BCUT2D eigenvalue weighted by molar-refractivity contribution is 0.0950. The minimum atomic E-state index is -3.25. The van der Waals surface area contributed by atoms with Crippen LogP contribution in [0.3, 0.4) is 0 Å². The van der Waals surface area contributed by atoms with Crippen LogP contribution in [0.4, 0.5) is 5.95 Å². The molecule has 186 valence electrons. The fourth-order valence-electron chi connectivity index (χ4n) is 4.33. The average Bonchev–Trinajstić information content (AvgIpc) is 2.90. The lowest BCUT2D eigenvalue weighted by atomic mass is 9.89. The highest BCUT2D eigenvalue weighted by Gasteiger charge is 2.33. The molecule has 3 aromatic rings. The van der Waals surface area contributed by atoms with Gasteiger partial charge in [0.2, 0.25) is 5.95 Å². The van der Waals surface area contributed by atoms with Crippen molar-refractivity contribution in [2.45, 2.75) is 44.7 Å². The summed E-state index contributed by atoms with van der Waals surface area (Å²) in [5.41, 5.74) is 3.61. The van der Waals surface area contributed by atoms with Gasteiger partial charge in [-0.05, 0) is 41.7 Å². The molecule has 0 saturated heterocycles. The van der Waals surface area contributed by atoms with Gasteiger partial charge in [-0.1, -0.05) is 32.9 Å². The van der Waals surface area contributed by atoms with E-state index in [4.69, 9.17) is 5.26 Å². The Hall–Kier alpha value is -3.84. The van der Waals surface area contributed by atoms with Gasteiger partial charge in [0, 0.05) is 19.3 Å². The van der Waals surface area contributed by atoms with Crippen LogP contribution in [0, 0.1) is 17.2 Å². The number of hydrogen-bond donors (Lipinski definition) is 1. The van der Waals surface area contributed by atoms with Crippen LogP contribution in [0.25, 0.3) is 0 Å². The van der Waals surface area contributed by atoms with Gasteiger partial charge < -0.3 is 10.2 Å². The van der Waals surface area contributed by atoms with Gasteiger partial charge >= 0.3 is 0 Å². The first-order chi connectivity index (χ1) is 17.2. The number of hydrogen-bond acceptors (Lipinski definition) is 8. The predicted octanol–water partition coefficient (Wildman–Crippen LogP) is 3.23. The largest absolute Gasteiger partial charge is 0.348 e. The van der Waals surface area contributed by atoms with Crippen molar-refractivity contribution in [1.29, 1.82) is 5.26 Å². The number of amides is 1. The van der Waals surface area contributed by atoms with E-state index in [2.05, 4.69) is 39.0 Å². The van der Waals surface area contributed by atoms with Gasteiger partial charge in [-0.2, -0.15) is 5.26 Å². The molecule has 0 saturated carbocycles. The third-order valence-corrected chi connectivity index (χ3v) is 8.02. The zero-order valence-corrected chi connectivity index (χ0v) is 21.3. The normalized spacial score (nSPS) is 15.3. The first-order valence-corrected chi connectivity index (χ1v) is 13.5. The summed E-state index contributed by atoms with van der Waals surface area (Å²) in [6.07, 6.45) is 5.31. The summed E-state index contributed by atoms with van der Waals surface area (Å²) in [5.74, 6) is 0.578. The number of fused-ring (bicyclic) bond motifs is 1. The molecular weight excluding hydrogens is 476 g/mol. The van der Waals surface area contributed by atoms with Crippen LogP contribution in [0.2, 0.25) is 0 Å². The van der Waals surface area contributed by atoms with E-state index in [0.29, 0.717) is 30.0 Å². The number of rotatable bonds is 7. The lowest BCUT2D eigenvalue weighted by Crippen LogP contribution is -2.40. The van der Waals surface area contributed by atoms with Gasteiger partial charge in [0.1, 0.15) is 6.07 Å². The van der Waals surface area contributed by atoms with Crippen molar-refractivity contribution < 1.29 is 13.2 Å². The first kappa shape index (κ1) is 25.3. The number of anilines is 1. The molecule has 1 aromatic carbocycles. The van der Waals surface area contributed by atoms with Crippen LogP contribution in [-0.4, -0.2) is 41.6 Å². The molecule has 3 heterocycles. The molecule has 1 amide bonds. The molecule has 4 rings (SSSR count). The summed E-state index contributed by atoms with van der Waals surface area (Å²) < 4.78 is 23.9. The molecule has 10 heteroatoms. The van der Waals surface area contributed by atoms with E-state index in [1.54, 1.807) is 37.4 Å². The molecule has 1 atom stereocenters. The number of nitrogens with zero attached hydrogens (tertiary/aromatic N) is 5. The van der Waals surface area contributed by atoms with Crippen molar-refractivity contribution in [1.82, 2.24) is 20.3 Å². The Kier molecular flexibility index (Phi) is 7.31. The number of nitrogens with one attached hydrogen (secondary N) is 1. The second-order valence-electron chi connectivity index (χ2n) is 9.01. The van der Waals surface area contributed by atoms with Crippen LogP contribution < -0.4 is 10.2 Å². The van der Waals surface area contributed by atoms with Crippen molar-refractivity contribution in [2.24, 2.45) is 5.92 Å². The van der Waals surface area contributed by atoms with Crippen molar-refractivity contribution in [3.8, 4) is 6.07 Å². The van der Waals surface area contributed by atoms with Gasteiger partial charge in [-0.25, -0.2) is 18.4 Å². The number of benzene rings is 1. The third kappa shape index (κ3) is 5.21. The van der Waals surface area contributed by atoms with Crippen molar-refractivity contribution >= 4 is 21.7 Å². The molecule has 36 heavy (non-hydrogen) atoms. The molecule has 0 fully saturated rings. The van der Waals surface area contributed by atoms with Crippen LogP contribution in [-0.2, 0) is 22.8 Å². The van der Waals surface area contributed by atoms with Gasteiger partial charge in [0.15, 0.2) is 9.84 Å². The minimum Gasteiger partial charge on any atom is -0.348 e. The highest BCUT2D eigenvalue weighted by Crippen LogP contribution is 2.36. The standard InChI is InChI=1S/C26H28N6O3S/c1-4-36(34,35)22-7-5-18(6-8-22)13-29-25(33)21-11-20-9-10-32(24(17(2)3)23(20)28-16-21)26-30-14-19(12-27)15-31-26/h5-8,11,14-17,24H,4,9-10,13H2,1-3H3,(H,29,33). The molecular formula is C26H28N6O3S. The predicted molar refractivity (Wildman–Crippen MR) is 135 cm³/mol. The minimum absolute atomic E-state index is 0.0460. The maximum Gasteiger partial charge on any atom is 0.253 e. The summed E-state index contributed by atoms with van der Waals surface area (Å²) in [7, 11) is -3.25. The van der Waals surface area contributed by atoms with E-state index in [-0.39, 0.29) is 35.1 Å². The summed E-state index contributed by atoms with van der Waals surface area (Å²) in [5, 5.41) is 11.9. The maximum absolute atomic E-state index is 12.8. The number of nitriles is 1. The molecule has 2 aromatic heterocycles. The molecule has 0 bridgehead atoms. The number of pyridine rings is 1. The molecule has 1 N–H and O–H groups in total. The van der Waals surface area contributed by atoms with E-state index in [1.807, 2.05) is 12.1 Å². The van der Waals surface area contributed by atoms with Crippen LogP contribution in [0.1, 0.15) is 59.6 Å². The summed E-state index contributed by atoms with van der Waals surface area (Å²) in [6, 6.07) is 10.4. The van der Waals surface area contributed by atoms with E-state index in [9.17, 15) is 13.2 Å². The van der Waals surface area contributed by atoms with Gasteiger partial charge in [-0.3, -0.25) is 9.78 Å². The highest BCUT2D eigenvalue weighted by atomic mass is 32.2. The molecule has 0 aliphatic carbocycles. The van der Waals surface area contributed by atoms with E-state index in [1.165, 1.54) is 12.4 Å². The third-order valence-electron chi connectivity index (χ3n) is 6.27. The number of aromatic nitrogens is 3. The Morgan fingerprint density at radius 2 is 1.86 bits per heavy atom. The van der Waals surface area contributed by atoms with Crippen molar-refractivity contribution in [2.75, 3.05) is 17.2 Å². The molecule has 1 aliphatic heterocycles. The Morgan fingerprint density at radius 3 is 2.47 bits per heavy atom. The molecule has 0 spiro atoms. The fraction of sp³-hybridized carbons (Fsp3) is 0.346. The molecule has 1 aliphatic rings. The van der Waals surface area contributed by atoms with Crippen LogP contribution >= 0.6 is 0 Å². The van der Waals surface area contributed by atoms with Crippen LogP contribution in [0.15, 0.2) is 53.8 Å². The quantitative estimate of drug-likeness (QED) is 0.519. The SMILES string of the molecule is CCS(=O)(=O)c1ccc(CNC(=O)c2cnc3c(c2)CCN(c2ncc(C#N)cn2)C3C(C)C)cc1. The number of carbonyl (C=O) groups excluding carboxylic acids is 1. The van der Waals surface area contributed by atoms with Gasteiger partial charge in [-0.15, -0.1) is 0 Å². The second kappa shape index (κ2) is 10.4. The highest BCUT2D eigenvalue weighted by molar-refractivity contribution is 7.91. The van der Waals surface area contributed by atoms with Crippen molar-refractivity contribution in [3.63, 3.8) is 0 Å². The smallest absolute Gasteiger partial charge is 0.253 e. The summed E-state index contributed by atoms with van der Waals surface area (Å²) in [6.45, 7) is 6.77. The average molecular weight is 505 g/mol. The number of sulfone groups is 1. The van der Waals surface area contributed by atoms with Gasteiger partial charge in [0.25, 0.3) is 5.91 Å². The molecule has 9 nitrogen and oxygen atoms in total. The molecule has 1 unspecified atom stereocenters. The topological polar surface area (TPSA) is 129 Å². The van der Waals surface area contributed by atoms with Gasteiger partial charge in [0.05, 0.1) is 45.9 Å². The Balaban J connectivity index is 1.48. The molecule has 0 radical (unpaired) electrons. The Morgan fingerprint density at radius 1 is 1.17 bits per heavy atom. The zero-order valence-electron chi connectivity index (χ0n) is 20.5. The first-order valence-electron chi connectivity index (χ1n) is 11.8. The summed E-state index contributed by atoms with van der Waals surface area (Å²) >= 11 is 0. The summed E-state index contributed by atoms with van der Waals surface area (Å²) in [4.78, 5) is 28.6. The van der Waals surface area contributed by atoms with Crippen LogP contribution in [0.5, 0.6) is 0 Å². The van der Waals surface area contributed by atoms with E-state index in [0.717, 1.165) is 16.8 Å². The maximum atomic E-state index is 12.8. The Labute approximate surface area is 211 Å².